The van der Waals surface area contributed by atoms with Gasteiger partial charge in [-0.3, -0.25) is 4.79 Å². The quantitative estimate of drug-likeness (QED) is 0.799. The molecule has 0 heterocycles. The third-order valence-corrected chi connectivity index (χ3v) is 3.41. The first-order valence-corrected chi connectivity index (χ1v) is 6.79. The minimum Gasteiger partial charge on any atom is -0.497 e. The molecule has 3 N–H and O–H groups in total. The topological polar surface area (TPSA) is 73.6 Å². The molecule has 0 radical (unpaired) electrons. The lowest BCUT2D eigenvalue weighted by atomic mass is 10.0. The van der Waals surface area contributed by atoms with Crippen molar-refractivity contribution in [3.8, 4) is 11.5 Å². The monoisotopic (exact) mass is 280 g/mol. The summed E-state index contributed by atoms with van der Waals surface area (Å²) in [6.07, 6.45) is 0.731. The minimum atomic E-state index is -0.151. The van der Waals surface area contributed by atoms with Gasteiger partial charge in [-0.1, -0.05) is 6.92 Å². The average molecular weight is 280 g/mol. The molecule has 1 aromatic carbocycles. The van der Waals surface area contributed by atoms with E-state index in [1.165, 1.54) is 0 Å². The van der Waals surface area contributed by atoms with Gasteiger partial charge in [0.2, 0.25) is 5.91 Å². The molecule has 0 fully saturated rings. The highest BCUT2D eigenvalue weighted by atomic mass is 16.5. The van der Waals surface area contributed by atoms with Gasteiger partial charge in [0, 0.05) is 24.1 Å². The number of carbonyl (C=O) groups excluding carboxylic acids is 1. The van der Waals surface area contributed by atoms with Crippen molar-refractivity contribution >= 4 is 5.91 Å². The summed E-state index contributed by atoms with van der Waals surface area (Å²) in [5, 5.41) is 2.97. The number of methoxy groups -OCH3 is 2. The molecular formula is C15H24N2O3. The highest BCUT2D eigenvalue weighted by molar-refractivity contribution is 5.79. The van der Waals surface area contributed by atoms with E-state index in [-0.39, 0.29) is 17.9 Å². The second kappa shape index (κ2) is 7.75. The maximum atomic E-state index is 12.1. The molecule has 2 unspecified atom stereocenters. The summed E-state index contributed by atoms with van der Waals surface area (Å²) in [5.41, 5.74) is 6.50. The molecule has 0 saturated heterocycles. The standard InChI is InChI=1S/C15H24N2O3/c1-5-11(9-16)15(18)17-10(2)13-7-6-12(19-3)8-14(13)20-4/h6-8,10-11H,5,9,16H2,1-4H3,(H,17,18). The fraction of sp³-hybridized carbons (Fsp3) is 0.533. The van der Waals surface area contributed by atoms with E-state index in [9.17, 15) is 4.79 Å². The van der Waals surface area contributed by atoms with Crippen molar-refractivity contribution in [2.45, 2.75) is 26.3 Å². The molecule has 0 aliphatic carbocycles. The van der Waals surface area contributed by atoms with E-state index in [0.29, 0.717) is 12.3 Å². The van der Waals surface area contributed by atoms with Gasteiger partial charge in [-0.25, -0.2) is 0 Å². The van der Waals surface area contributed by atoms with Crippen molar-refractivity contribution in [2.75, 3.05) is 20.8 Å². The van der Waals surface area contributed by atoms with Gasteiger partial charge in [0.25, 0.3) is 0 Å². The molecule has 1 rings (SSSR count). The SMILES string of the molecule is CCC(CN)C(=O)NC(C)c1ccc(OC)cc1OC. The van der Waals surface area contributed by atoms with Crippen LogP contribution in [0.1, 0.15) is 31.9 Å². The largest absolute Gasteiger partial charge is 0.497 e. The smallest absolute Gasteiger partial charge is 0.224 e. The molecule has 1 amide bonds. The van der Waals surface area contributed by atoms with Gasteiger partial charge in [0.05, 0.1) is 20.3 Å². The number of hydrogen-bond donors (Lipinski definition) is 2. The maximum Gasteiger partial charge on any atom is 0.224 e. The first-order valence-electron chi connectivity index (χ1n) is 6.79. The molecule has 0 aliphatic heterocycles. The molecule has 1 aromatic rings. The van der Waals surface area contributed by atoms with Gasteiger partial charge < -0.3 is 20.5 Å². The number of hydrogen-bond acceptors (Lipinski definition) is 4. The number of nitrogens with one attached hydrogen (secondary N) is 1. The summed E-state index contributed by atoms with van der Waals surface area (Å²) in [6, 6.07) is 5.40. The number of benzene rings is 1. The summed E-state index contributed by atoms with van der Waals surface area (Å²) in [6.45, 7) is 4.23. The predicted octanol–water partition coefficient (Wildman–Crippen LogP) is 1.87. The van der Waals surface area contributed by atoms with E-state index in [2.05, 4.69) is 5.32 Å². The number of ether oxygens (including phenoxy) is 2. The van der Waals surface area contributed by atoms with Crippen molar-refractivity contribution in [1.29, 1.82) is 0 Å². The normalized spacial score (nSPS) is 13.4. The molecule has 0 spiro atoms. The molecular weight excluding hydrogens is 256 g/mol. The van der Waals surface area contributed by atoms with Crippen molar-refractivity contribution in [3.05, 3.63) is 23.8 Å². The Hall–Kier alpha value is -1.75. The minimum absolute atomic E-state index is 0.0274. The molecule has 0 aliphatic rings. The van der Waals surface area contributed by atoms with Crippen LogP contribution in [0.2, 0.25) is 0 Å². The van der Waals surface area contributed by atoms with Crippen molar-refractivity contribution in [2.24, 2.45) is 11.7 Å². The Morgan fingerprint density at radius 2 is 2.05 bits per heavy atom. The molecule has 5 heteroatoms. The lowest BCUT2D eigenvalue weighted by molar-refractivity contribution is -0.125. The molecule has 5 nitrogen and oxygen atoms in total. The Morgan fingerprint density at radius 1 is 1.35 bits per heavy atom. The zero-order valence-corrected chi connectivity index (χ0v) is 12.6. The average Bonchev–Trinajstić information content (AvgIpc) is 2.47. The summed E-state index contributed by atoms with van der Waals surface area (Å²) >= 11 is 0. The lowest BCUT2D eigenvalue weighted by Gasteiger charge is -2.20. The Morgan fingerprint density at radius 3 is 2.55 bits per heavy atom. The van der Waals surface area contributed by atoms with Gasteiger partial charge >= 0.3 is 0 Å². The number of rotatable bonds is 7. The fourth-order valence-corrected chi connectivity index (χ4v) is 2.04. The zero-order valence-electron chi connectivity index (χ0n) is 12.6. The molecule has 0 saturated carbocycles. The first-order chi connectivity index (χ1) is 9.57. The second-order valence-corrected chi connectivity index (χ2v) is 4.68. The van der Waals surface area contributed by atoms with E-state index in [0.717, 1.165) is 17.7 Å². The van der Waals surface area contributed by atoms with Crippen LogP contribution in [0.3, 0.4) is 0 Å². The number of carbonyl (C=O) groups is 1. The van der Waals surface area contributed by atoms with Gasteiger partial charge in [-0.05, 0) is 25.5 Å². The summed E-state index contributed by atoms with van der Waals surface area (Å²) in [4.78, 5) is 12.1. The van der Waals surface area contributed by atoms with Crippen LogP contribution in [0.4, 0.5) is 0 Å². The molecule has 20 heavy (non-hydrogen) atoms. The third kappa shape index (κ3) is 3.87. The van der Waals surface area contributed by atoms with Gasteiger partial charge in [-0.2, -0.15) is 0 Å². The molecule has 112 valence electrons. The van der Waals surface area contributed by atoms with E-state index >= 15 is 0 Å². The second-order valence-electron chi connectivity index (χ2n) is 4.68. The highest BCUT2D eigenvalue weighted by Gasteiger charge is 2.19. The van der Waals surface area contributed by atoms with Crippen LogP contribution in [0.15, 0.2) is 18.2 Å². The summed E-state index contributed by atoms with van der Waals surface area (Å²) < 4.78 is 10.5. The van der Waals surface area contributed by atoms with E-state index in [1.807, 2.05) is 26.0 Å². The maximum absolute atomic E-state index is 12.1. The van der Waals surface area contributed by atoms with Crippen molar-refractivity contribution < 1.29 is 14.3 Å². The fourth-order valence-electron chi connectivity index (χ4n) is 2.04. The number of amides is 1. The van der Waals surface area contributed by atoms with E-state index in [4.69, 9.17) is 15.2 Å². The molecule has 2 atom stereocenters. The van der Waals surface area contributed by atoms with Crippen LogP contribution < -0.4 is 20.5 Å². The Bertz CT molecular complexity index is 445. The Labute approximate surface area is 120 Å². The molecule has 0 bridgehead atoms. The third-order valence-electron chi connectivity index (χ3n) is 3.41. The van der Waals surface area contributed by atoms with Crippen LogP contribution in [0.25, 0.3) is 0 Å². The van der Waals surface area contributed by atoms with E-state index < -0.39 is 0 Å². The Kier molecular flexibility index (Phi) is 6.31. The summed E-state index contributed by atoms with van der Waals surface area (Å²) in [7, 11) is 3.20. The van der Waals surface area contributed by atoms with Crippen LogP contribution >= 0.6 is 0 Å². The first kappa shape index (κ1) is 16.3. The van der Waals surface area contributed by atoms with Crippen LogP contribution in [-0.4, -0.2) is 26.7 Å². The van der Waals surface area contributed by atoms with Crippen LogP contribution in [0, 0.1) is 5.92 Å². The predicted molar refractivity (Wildman–Crippen MR) is 78.9 cm³/mol. The summed E-state index contributed by atoms with van der Waals surface area (Å²) in [5.74, 6) is 1.23. The van der Waals surface area contributed by atoms with Gasteiger partial charge in [-0.15, -0.1) is 0 Å². The lowest BCUT2D eigenvalue weighted by Crippen LogP contribution is -2.36. The molecule has 0 aromatic heterocycles. The van der Waals surface area contributed by atoms with Gasteiger partial charge in [0.15, 0.2) is 0 Å². The van der Waals surface area contributed by atoms with E-state index in [1.54, 1.807) is 20.3 Å². The van der Waals surface area contributed by atoms with Crippen LogP contribution in [-0.2, 0) is 4.79 Å². The Balaban J connectivity index is 2.86. The van der Waals surface area contributed by atoms with Crippen molar-refractivity contribution in [3.63, 3.8) is 0 Å². The number of nitrogens with two attached hydrogens (primary N) is 1. The zero-order chi connectivity index (χ0) is 15.1. The highest BCUT2D eigenvalue weighted by Crippen LogP contribution is 2.29. The van der Waals surface area contributed by atoms with Crippen LogP contribution in [0.5, 0.6) is 11.5 Å². The van der Waals surface area contributed by atoms with Gasteiger partial charge in [0.1, 0.15) is 11.5 Å². The van der Waals surface area contributed by atoms with Crippen molar-refractivity contribution in [1.82, 2.24) is 5.32 Å².